The highest BCUT2D eigenvalue weighted by Gasteiger charge is 2.15. The summed E-state index contributed by atoms with van der Waals surface area (Å²) in [5.41, 5.74) is 1.37. The molecule has 25 heavy (non-hydrogen) atoms. The number of hydrogen-bond donors (Lipinski definition) is 1. The van der Waals surface area contributed by atoms with Gasteiger partial charge < -0.3 is 0 Å². The van der Waals surface area contributed by atoms with Crippen molar-refractivity contribution in [3.05, 3.63) is 60.0 Å². The Morgan fingerprint density at radius 1 is 1.20 bits per heavy atom. The van der Waals surface area contributed by atoms with Gasteiger partial charge in [-0.25, -0.2) is 25.0 Å². The Kier molecular flexibility index (Phi) is 4.73. The lowest BCUT2D eigenvalue weighted by Crippen LogP contribution is -2.22. The number of nitrogens with zero attached hydrogens (tertiary/aromatic N) is 7. The molecule has 0 fully saturated rings. The number of aromatic nitrogens is 6. The maximum absolute atomic E-state index is 11.9. The largest absolute Gasteiger partial charge is 0.299 e. The smallest absolute Gasteiger partial charge is 0.280 e. The van der Waals surface area contributed by atoms with Crippen LogP contribution in [0.5, 0.6) is 0 Å². The zero-order valence-corrected chi connectivity index (χ0v) is 13.6. The molecule has 126 valence electrons. The zero-order valence-electron chi connectivity index (χ0n) is 12.8. The first-order chi connectivity index (χ1) is 12.1. The summed E-state index contributed by atoms with van der Waals surface area (Å²) in [7, 11) is -3.70. The van der Waals surface area contributed by atoms with Crippen LogP contribution in [0, 0.1) is 6.57 Å². The quantitative estimate of drug-likeness (QED) is 0.632. The second-order valence-corrected chi connectivity index (χ2v) is 6.60. The van der Waals surface area contributed by atoms with Crippen molar-refractivity contribution in [2.75, 3.05) is 6.67 Å². The number of hydrogen-bond acceptors (Lipinski definition) is 7. The van der Waals surface area contributed by atoms with Crippen molar-refractivity contribution in [2.45, 2.75) is 11.4 Å². The SMILES string of the molecule is [C-]#[N+]CNS(=O)(=O)c1ccc(-c2nnn(Cc3ccncn3)n2)cc1. The molecule has 0 saturated carbocycles. The van der Waals surface area contributed by atoms with E-state index in [1.54, 1.807) is 24.4 Å². The first-order valence-corrected chi connectivity index (χ1v) is 8.53. The molecule has 1 aromatic carbocycles. The summed E-state index contributed by atoms with van der Waals surface area (Å²) in [6.45, 7) is 6.69. The van der Waals surface area contributed by atoms with Crippen LogP contribution < -0.4 is 4.72 Å². The van der Waals surface area contributed by atoms with Crippen LogP contribution in [0.2, 0.25) is 0 Å². The molecule has 0 aliphatic rings. The van der Waals surface area contributed by atoms with Crippen LogP contribution in [0.15, 0.2) is 47.8 Å². The van der Waals surface area contributed by atoms with Crippen LogP contribution in [0.4, 0.5) is 0 Å². The van der Waals surface area contributed by atoms with Crippen LogP contribution in [-0.2, 0) is 16.6 Å². The second-order valence-electron chi connectivity index (χ2n) is 4.83. The van der Waals surface area contributed by atoms with Gasteiger partial charge in [0.25, 0.3) is 6.67 Å². The minimum atomic E-state index is -3.70. The van der Waals surface area contributed by atoms with E-state index in [0.717, 1.165) is 5.69 Å². The third-order valence-corrected chi connectivity index (χ3v) is 4.56. The summed E-state index contributed by atoms with van der Waals surface area (Å²) in [4.78, 5) is 12.3. The highest BCUT2D eigenvalue weighted by atomic mass is 32.2. The Morgan fingerprint density at radius 3 is 2.68 bits per heavy atom. The Balaban J connectivity index is 1.76. The summed E-state index contributed by atoms with van der Waals surface area (Å²) < 4.78 is 26.0. The van der Waals surface area contributed by atoms with Gasteiger partial charge >= 0.3 is 0 Å². The molecule has 0 spiro atoms. The summed E-state index contributed by atoms with van der Waals surface area (Å²) in [6, 6.07) is 7.76. The molecule has 0 unspecified atom stereocenters. The maximum atomic E-state index is 11.9. The monoisotopic (exact) mass is 356 g/mol. The fourth-order valence-corrected chi connectivity index (χ4v) is 2.86. The van der Waals surface area contributed by atoms with Crippen LogP contribution in [0.3, 0.4) is 0 Å². The number of rotatable bonds is 6. The van der Waals surface area contributed by atoms with Crippen molar-refractivity contribution < 1.29 is 8.42 Å². The molecule has 0 saturated heterocycles. The minimum absolute atomic E-state index is 0.0632. The molecule has 1 N–H and O–H groups in total. The number of nitrogens with one attached hydrogen (secondary N) is 1. The molecule has 3 rings (SSSR count). The van der Waals surface area contributed by atoms with Crippen LogP contribution in [0.25, 0.3) is 16.2 Å². The van der Waals surface area contributed by atoms with Gasteiger partial charge in [-0.3, -0.25) is 4.85 Å². The highest BCUT2D eigenvalue weighted by molar-refractivity contribution is 7.89. The van der Waals surface area contributed by atoms with E-state index in [9.17, 15) is 8.42 Å². The summed E-state index contributed by atoms with van der Waals surface area (Å²) in [6.07, 6.45) is 3.07. The lowest BCUT2D eigenvalue weighted by Gasteiger charge is -2.02. The fourth-order valence-electron chi connectivity index (χ4n) is 1.97. The molecule has 0 radical (unpaired) electrons. The van der Waals surface area contributed by atoms with E-state index in [0.29, 0.717) is 17.9 Å². The zero-order chi connectivity index (χ0) is 17.7. The molecular weight excluding hydrogens is 344 g/mol. The average Bonchev–Trinajstić information content (AvgIpc) is 3.09. The van der Waals surface area contributed by atoms with Gasteiger partial charge in [-0.05, 0) is 35.5 Å². The van der Waals surface area contributed by atoms with Crippen molar-refractivity contribution >= 4 is 10.0 Å². The summed E-state index contributed by atoms with van der Waals surface area (Å²) >= 11 is 0. The normalized spacial score (nSPS) is 11.2. The third kappa shape index (κ3) is 4.00. The molecule has 2 heterocycles. The van der Waals surface area contributed by atoms with Crippen molar-refractivity contribution in [1.82, 2.24) is 34.9 Å². The number of tetrazole rings is 1. The fraction of sp³-hybridized carbons (Fsp3) is 0.143. The molecule has 3 aromatic rings. The van der Waals surface area contributed by atoms with Crippen molar-refractivity contribution in [3.63, 3.8) is 0 Å². The second kappa shape index (κ2) is 7.12. The lowest BCUT2D eigenvalue weighted by atomic mass is 10.2. The maximum Gasteiger partial charge on any atom is 0.280 e. The molecule has 11 heteroatoms. The van der Waals surface area contributed by atoms with Gasteiger partial charge in [0.2, 0.25) is 15.8 Å². The van der Waals surface area contributed by atoms with E-state index >= 15 is 0 Å². The molecule has 0 aliphatic carbocycles. The third-order valence-electron chi connectivity index (χ3n) is 3.16. The van der Waals surface area contributed by atoms with Crippen LogP contribution >= 0.6 is 0 Å². The van der Waals surface area contributed by atoms with E-state index in [-0.39, 0.29) is 11.6 Å². The molecule has 2 aromatic heterocycles. The summed E-state index contributed by atoms with van der Waals surface area (Å²) in [5.74, 6) is 0.368. The average molecular weight is 356 g/mol. The van der Waals surface area contributed by atoms with Gasteiger partial charge in [-0.1, -0.05) is 0 Å². The Morgan fingerprint density at radius 2 is 2.00 bits per heavy atom. The molecule has 0 bridgehead atoms. The molecule has 10 nitrogen and oxygen atoms in total. The van der Waals surface area contributed by atoms with Crippen molar-refractivity contribution in [2.24, 2.45) is 0 Å². The van der Waals surface area contributed by atoms with Gasteiger partial charge in [0.05, 0.1) is 10.6 Å². The standard InChI is InChI=1S/C14H12N8O2S/c1-15-9-18-25(23,24)13-4-2-11(3-5-13)14-19-21-22(20-14)8-12-6-7-16-10-17-12/h2-7,10,18H,8-9H2. The van der Waals surface area contributed by atoms with Gasteiger partial charge in [-0.2, -0.15) is 4.80 Å². The molecular formula is C14H12N8O2S. The van der Waals surface area contributed by atoms with Crippen molar-refractivity contribution in [3.8, 4) is 11.4 Å². The number of benzene rings is 1. The summed E-state index contributed by atoms with van der Waals surface area (Å²) in [5, 5.41) is 12.2. The van der Waals surface area contributed by atoms with E-state index < -0.39 is 10.0 Å². The molecule has 0 atom stereocenters. The van der Waals surface area contributed by atoms with Gasteiger partial charge in [-0.15, -0.1) is 14.9 Å². The van der Waals surface area contributed by atoms with Gasteiger partial charge in [0, 0.05) is 11.8 Å². The minimum Gasteiger partial charge on any atom is -0.299 e. The van der Waals surface area contributed by atoms with Gasteiger partial charge in [0.1, 0.15) is 12.9 Å². The number of sulfonamides is 1. The molecule has 0 amide bonds. The van der Waals surface area contributed by atoms with E-state index in [1.807, 2.05) is 0 Å². The van der Waals surface area contributed by atoms with Crippen LogP contribution in [-0.4, -0.2) is 45.3 Å². The lowest BCUT2D eigenvalue weighted by molar-refractivity contribution is 0.563. The Hall–Kier alpha value is -3.23. The highest BCUT2D eigenvalue weighted by Crippen LogP contribution is 2.17. The van der Waals surface area contributed by atoms with E-state index in [1.165, 1.54) is 23.3 Å². The first kappa shape index (κ1) is 16.6. The van der Waals surface area contributed by atoms with E-state index in [4.69, 9.17) is 6.57 Å². The van der Waals surface area contributed by atoms with Gasteiger partial charge in [0.15, 0.2) is 0 Å². The first-order valence-electron chi connectivity index (χ1n) is 7.04. The van der Waals surface area contributed by atoms with Crippen LogP contribution in [0.1, 0.15) is 5.69 Å². The predicted molar refractivity (Wildman–Crippen MR) is 86.2 cm³/mol. The predicted octanol–water partition coefficient (Wildman–Crippen LogP) is 0.333. The topological polar surface area (TPSA) is 120 Å². The van der Waals surface area contributed by atoms with E-state index in [2.05, 4.69) is 34.9 Å². The Labute approximate surface area is 143 Å². The van der Waals surface area contributed by atoms with Crippen molar-refractivity contribution in [1.29, 1.82) is 0 Å². The Bertz CT molecular complexity index is 993. The molecule has 0 aliphatic heterocycles.